The summed E-state index contributed by atoms with van der Waals surface area (Å²) in [5.41, 5.74) is 3.78. The van der Waals surface area contributed by atoms with Crippen LogP contribution in [0.15, 0.2) is 59.5 Å². The number of hydrogen-bond donors (Lipinski definition) is 1. The number of rotatable bonds is 8. The van der Waals surface area contributed by atoms with Gasteiger partial charge in [-0.25, -0.2) is 0 Å². The molecule has 2 aromatic carbocycles. The number of hydrogen-bond acceptors (Lipinski definition) is 6. The van der Waals surface area contributed by atoms with Crippen molar-refractivity contribution in [1.82, 2.24) is 20.0 Å². The number of aromatic nitrogens is 2. The first-order valence-electron chi connectivity index (χ1n) is 11.1. The summed E-state index contributed by atoms with van der Waals surface area (Å²) < 4.78 is 6.94. The third-order valence-electron chi connectivity index (χ3n) is 5.69. The summed E-state index contributed by atoms with van der Waals surface area (Å²) in [7, 11) is 1.58. The third-order valence-corrected chi connectivity index (χ3v) is 6.60. The van der Waals surface area contributed by atoms with E-state index >= 15 is 0 Å². The molecule has 35 heavy (non-hydrogen) atoms. The zero-order valence-electron chi connectivity index (χ0n) is 19.8. The van der Waals surface area contributed by atoms with E-state index < -0.39 is 0 Å². The number of benzene rings is 2. The van der Waals surface area contributed by atoms with E-state index in [1.54, 1.807) is 36.9 Å². The molecule has 2 heterocycles. The standard InChI is InChI=1S/C26H26N4O4S/c1-17-23(18(2)30(28-17)16-20-7-5-4-6-8-20)24(31)27-13-14-29-25(32)22(35-26(29)33)15-19-9-11-21(34-3)12-10-19/h4-12,15H,13-14,16H2,1-3H3,(H,27,31)/b22-15-. The summed E-state index contributed by atoms with van der Waals surface area (Å²) in [5.74, 6) is 0.0650. The van der Waals surface area contributed by atoms with Gasteiger partial charge in [0.2, 0.25) is 0 Å². The topological polar surface area (TPSA) is 93.5 Å². The highest BCUT2D eigenvalue weighted by Crippen LogP contribution is 2.32. The first kappa shape index (κ1) is 24.3. The largest absolute Gasteiger partial charge is 0.497 e. The molecule has 1 fully saturated rings. The van der Waals surface area contributed by atoms with Crippen molar-refractivity contribution in [1.29, 1.82) is 0 Å². The SMILES string of the molecule is COc1ccc(/C=C2\SC(=O)N(CCNC(=O)c3c(C)nn(Cc4ccccc4)c3C)C2=O)cc1. The second-order valence-corrected chi connectivity index (χ2v) is 9.04. The molecule has 9 heteroatoms. The van der Waals surface area contributed by atoms with E-state index in [2.05, 4.69) is 10.4 Å². The molecule has 180 valence electrons. The molecule has 0 spiro atoms. The van der Waals surface area contributed by atoms with Gasteiger partial charge in [0.1, 0.15) is 5.75 Å². The van der Waals surface area contributed by atoms with Crippen LogP contribution in [-0.4, -0.2) is 51.9 Å². The predicted molar refractivity (Wildman–Crippen MR) is 135 cm³/mol. The molecule has 0 radical (unpaired) electrons. The Bertz CT molecular complexity index is 1280. The van der Waals surface area contributed by atoms with Crippen molar-refractivity contribution in [2.45, 2.75) is 20.4 Å². The van der Waals surface area contributed by atoms with E-state index in [-0.39, 0.29) is 30.1 Å². The molecular formula is C26H26N4O4S. The van der Waals surface area contributed by atoms with E-state index in [1.807, 2.05) is 49.4 Å². The molecule has 3 amide bonds. The average Bonchev–Trinajstić information content (AvgIpc) is 3.28. The lowest BCUT2D eigenvalue weighted by Gasteiger charge is -2.13. The highest BCUT2D eigenvalue weighted by atomic mass is 32.2. The number of carbonyl (C=O) groups excluding carboxylic acids is 3. The van der Waals surface area contributed by atoms with E-state index in [4.69, 9.17) is 4.74 Å². The van der Waals surface area contributed by atoms with E-state index in [0.717, 1.165) is 33.5 Å². The van der Waals surface area contributed by atoms with Crippen molar-refractivity contribution in [3.63, 3.8) is 0 Å². The molecular weight excluding hydrogens is 464 g/mol. The van der Waals surface area contributed by atoms with Gasteiger partial charge in [-0.1, -0.05) is 42.5 Å². The van der Waals surface area contributed by atoms with E-state index in [9.17, 15) is 14.4 Å². The van der Waals surface area contributed by atoms with Gasteiger partial charge >= 0.3 is 0 Å². The van der Waals surface area contributed by atoms with Crippen LogP contribution in [0.4, 0.5) is 4.79 Å². The number of ether oxygens (including phenoxy) is 1. The van der Waals surface area contributed by atoms with Crippen LogP contribution in [0, 0.1) is 13.8 Å². The van der Waals surface area contributed by atoms with Crippen molar-refractivity contribution >= 4 is 34.9 Å². The number of methoxy groups -OCH3 is 1. The average molecular weight is 491 g/mol. The summed E-state index contributed by atoms with van der Waals surface area (Å²) in [4.78, 5) is 39.5. The Kier molecular flexibility index (Phi) is 7.36. The maximum Gasteiger partial charge on any atom is 0.293 e. The summed E-state index contributed by atoms with van der Waals surface area (Å²) >= 11 is 0.892. The molecule has 0 aliphatic carbocycles. The van der Waals surface area contributed by atoms with Crippen molar-refractivity contribution in [2.75, 3.05) is 20.2 Å². The zero-order chi connectivity index (χ0) is 24.9. The quantitative estimate of drug-likeness (QED) is 0.480. The van der Waals surface area contributed by atoms with Crippen molar-refractivity contribution in [3.8, 4) is 5.75 Å². The van der Waals surface area contributed by atoms with Gasteiger partial charge in [0.05, 0.1) is 29.8 Å². The maximum atomic E-state index is 12.9. The molecule has 0 saturated carbocycles. The lowest BCUT2D eigenvalue weighted by molar-refractivity contribution is -0.122. The number of thioether (sulfide) groups is 1. The molecule has 3 aromatic rings. The van der Waals surface area contributed by atoms with Gasteiger partial charge in [-0.3, -0.25) is 24.0 Å². The molecule has 0 bridgehead atoms. The molecule has 1 aliphatic rings. The Hall–Kier alpha value is -3.85. The zero-order valence-corrected chi connectivity index (χ0v) is 20.6. The minimum atomic E-state index is -0.367. The van der Waals surface area contributed by atoms with Gasteiger partial charge in [-0.2, -0.15) is 5.10 Å². The second-order valence-electron chi connectivity index (χ2n) is 8.05. The lowest BCUT2D eigenvalue weighted by Crippen LogP contribution is -2.37. The van der Waals surface area contributed by atoms with Gasteiger partial charge < -0.3 is 10.1 Å². The molecule has 1 aromatic heterocycles. The fraction of sp³-hybridized carbons (Fsp3) is 0.231. The number of imide groups is 1. The summed E-state index contributed by atoms with van der Waals surface area (Å²) in [6, 6.07) is 17.1. The summed E-state index contributed by atoms with van der Waals surface area (Å²) in [5, 5.41) is 6.98. The van der Waals surface area contributed by atoms with Crippen LogP contribution in [0.25, 0.3) is 6.08 Å². The smallest absolute Gasteiger partial charge is 0.293 e. The molecule has 1 N–H and O–H groups in total. The Morgan fingerprint density at radius 2 is 1.80 bits per heavy atom. The Balaban J connectivity index is 1.36. The van der Waals surface area contributed by atoms with Gasteiger partial charge in [-0.05, 0) is 54.9 Å². The molecule has 0 unspecified atom stereocenters. The van der Waals surface area contributed by atoms with Crippen LogP contribution in [0.1, 0.15) is 32.9 Å². The molecule has 1 saturated heterocycles. The van der Waals surface area contributed by atoms with Crippen molar-refractivity contribution < 1.29 is 19.1 Å². The number of carbonyl (C=O) groups is 3. The molecule has 1 aliphatic heterocycles. The summed E-state index contributed by atoms with van der Waals surface area (Å²) in [6.45, 7) is 4.46. The Morgan fingerprint density at radius 1 is 1.09 bits per heavy atom. The Labute approximate surface area is 208 Å². The number of aryl methyl sites for hydroxylation is 1. The number of amides is 3. The van der Waals surface area contributed by atoms with Crippen LogP contribution in [-0.2, 0) is 11.3 Å². The Morgan fingerprint density at radius 3 is 2.49 bits per heavy atom. The number of nitrogens with one attached hydrogen (secondary N) is 1. The summed E-state index contributed by atoms with van der Waals surface area (Å²) in [6.07, 6.45) is 1.68. The monoisotopic (exact) mass is 490 g/mol. The van der Waals surface area contributed by atoms with Gasteiger partial charge in [0.15, 0.2) is 0 Å². The first-order valence-corrected chi connectivity index (χ1v) is 11.9. The fourth-order valence-electron chi connectivity index (χ4n) is 3.85. The van der Waals surface area contributed by atoms with Crippen LogP contribution in [0.5, 0.6) is 5.75 Å². The lowest BCUT2D eigenvalue weighted by atomic mass is 10.1. The number of nitrogens with zero attached hydrogens (tertiary/aromatic N) is 3. The van der Waals surface area contributed by atoms with E-state index in [0.29, 0.717) is 28.5 Å². The third kappa shape index (κ3) is 5.46. The van der Waals surface area contributed by atoms with Crippen LogP contribution in [0.3, 0.4) is 0 Å². The minimum absolute atomic E-state index is 0.0899. The van der Waals surface area contributed by atoms with Crippen molar-refractivity contribution in [2.24, 2.45) is 0 Å². The van der Waals surface area contributed by atoms with Crippen LogP contribution < -0.4 is 10.1 Å². The first-order chi connectivity index (χ1) is 16.9. The minimum Gasteiger partial charge on any atom is -0.497 e. The van der Waals surface area contributed by atoms with Gasteiger partial charge in [0.25, 0.3) is 17.1 Å². The van der Waals surface area contributed by atoms with Gasteiger partial charge in [0, 0.05) is 18.8 Å². The highest BCUT2D eigenvalue weighted by Gasteiger charge is 2.34. The normalized spacial score (nSPS) is 14.6. The molecule has 0 atom stereocenters. The van der Waals surface area contributed by atoms with Gasteiger partial charge in [-0.15, -0.1) is 0 Å². The highest BCUT2D eigenvalue weighted by molar-refractivity contribution is 8.18. The molecule has 4 rings (SSSR count). The van der Waals surface area contributed by atoms with Crippen LogP contribution in [0.2, 0.25) is 0 Å². The molecule has 8 nitrogen and oxygen atoms in total. The predicted octanol–water partition coefficient (Wildman–Crippen LogP) is 4.02. The van der Waals surface area contributed by atoms with E-state index in [1.165, 1.54) is 0 Å². The van der Waals surface area contributed by atoms with Crippen molar-refractivity contribution in [3.05, 3.63) is 87.6 Å². The van der Waals surface area contributed by atoms with Crippen LogP contribution >= 0.6 is 11.8 Å². The maximum absolute atomic E-state index is 12.9. The fourth-order valence-corrected chi connectivity index (χ4v) is 4.71. The second kappa shape index (κ2) is 10.6.